The number of benzene rings is 1. The van der Waals surface area contributed by atoms with Gasteiger partial charge in [0.15, 0.2) is 5.69 Å². The number of anilines is 2. The first kappa shape index (κ1) is 12.4. The molecule has 2 aliphatic rings. The zero-order valence-electron chi connectivity index (χ0n) is 12.0. The number of fused-ring (bicyclic) bond motifs is 1. The molecular weight excluding hydrogens is 264 g/mol. The Hall–Kier alpha value is -2.30. The zero-order valence-corrected chi connectivity index (χ0v) is 12.0. The molecule has 1 aliphatic heterocycles. The molecule has 1 aliphatic carbocycles. The van der Waals surface area contributed by atoms with Crippen LogP contribution < -0.4 is 10.6 Å². The number of amides is 1. The molecule has 1 fully saturated rings. The van der Waals surface area contributed by atoms with Crippen molar-refractivity contribution in [3.05, 3.63) is 41.2 Å². The van der Waals surface area contributed by atoms with Crippen molar-refractivity contribution >= 4 is 17.3 Å². The number of para-hydroxylation sites is 1. The maximum atomic E-state index is 12.9. The summed E-state index contributed by atoms with van der Waals surface area (Å²) in [6.45, 7) is 2.06. The number of aromatic nitrogens is 2. The first-order valence-corrected chi connectivity index (χ1v) is 7.42. The second-order valence-corrected chi connectivity index (χ2v) is 6.03. The van der Waals surface area contributed by atoms with Crippen molar-refractivity contribution in [2.24, 2.45) is 0 Å². The van der Waals surface area contributed by atoms with Gasteiger partial charge in [-0.15, -0.1) is 0 Å². The molecule has 5 heteroatoms. The van der Waals surface area contributed by atoms with Crippen molar-refractivity contribution in [1.82, 2.24) is 10.2 Å². The highest BCUT2D eigenvalue weighted by atomic mass is 16.2. The Morgan fingerprint density at radius 2 is 2.14 bits per heavy atom. The number of nitrogens with one attached hydrogen (secondary N) is 1. The van der Waals surface area contributed by atoms with Gasteiger partial charge in [-0.05, 0) is 37.8 Å². The van der Waals surface area contributed by atoms with Crippen LogP contribution in [0.5, 0.6) is 0 Å². The third-order valence-corrected chi connectivity index (χ3v) is 4.45. The molecule has 1 saturated carbocycles. The van der Waals surface area contributed by atoms with E-state index in [1.165, 1.54) is 5.56 Å². The van der Waals surface area contributed by atoms with Gasteiger partial charge in [-0.25, -0.2) is 0 Å². The minimum atomic E-state index is -0.104. The number of carbonyl (C=O) groups excluding carboxylic acids is 1. The second-order valence-electron chi connectivity index (χ2n) is 6.03. The predicted molar refractivity (Wildman–Crippen MR) is 81.4 cm³/mol. The van der Waals surface area contributed by atoms with Crippen molar-refractivity contribution in [3.63, 3.8) is 0 Å². The lowest BCUT2D eigenvalue weighted by atomic mass is 10.1. The molecule has 0 spiro atoms. The molecule has 1 aromatic heterocycles. The van der Waals surface area contributed by atoms with Crippen LogP contribution in [-0.2, 0) is 6.42 Å². The number of nitrogens with zero attached hydrogens (tertiary/aromatic N) is 2. The molecule has 1 unspecified atom stereocenters. The average Bonchev–Trinajstić information content (AvgIpc) is 3.15. The highest BCUT2D eigenvalue weighted by Gasteiger charge is 2.36. The summed E-state index contributed by atoms with van der Waals surface area (Å²) in [6, 6.07) is 8.16. The summed E-state index contributed by atoms with van der Waals surface area (Å²) >= 11 is 0. The maximum Gasteiger partial charge on any atom is 0.281 e. The summed E-state index contributed by atoms with van der Waals surface area (Å²) < 4.78 is 0. The van der Waals surface area contributed by atoms with E-state index in [9.17, 15) is 4.79 Å². The van der Waals surface area contributed by atoms with Gasteiger partial charge in [-0.3, -0.25) is 9.89 Å². The number of aromatic amines is 1. The lowest BCUT2D eigenvalue weighted by Gasteiger charge is -2.21. The van der Waals surface area contributed by atoms with Gasteiger partial charge < -0.3 is 10.6 Å². The van der Waals surface area contributed by atoms with E-state index in [0.717, 1.165) is 30.6 Å². The van der Waals surface area contributed by atoms with Crippen molar-refractivity contribution in [2.75, 3.05) is 10.6 Å². The lowest BCUT2D eigenvalue weighted by molar-refractivity contribution is 0.0977. The number of carbonyl (C=O) groups is 1. The Kier molecular flexibility index (Phi) is 2.58. The second kappa shape index (κ2) is 4.35. The topological polar surface area (TPSA) is 75.0 Å². The maximum absolute atomic E-state index is 12.9. The minimum absolute atomic E-state index is 0.104. The van der Waals surface area contributed by atoms with Crippen LogP contribution in [0, 0.1) is 0 Å². The van der Waals surface area contributed by atoms with Gasteiger partial charge in [-0.2, -0.15) is 5.10 Å². The fourth-order valence-electron chi connectivity index (χ4n) is 3.20. The molecule has 108 valence electrons. The number of hydrogen-bond donors (Lipinski definition) is 2. The van der Waals surface area contributed by atoms with Crippen LogP contribution >= 0.6 is 0 Å². The summed E-state index contributed by atoms with van der Waals surface area (Å²) in [6.07, 6.45) is 3.13. The van der Waals surface area contributed by atoms with E-state index < -0.39 is 0 Å². The van der Waals surface area contributed by atoms with E-state index in [1.54, 1.807) is 0 Å². The average molecular weight is 282 g/mol. The van der Waals surface area contributed by atoms with Gasteiger partial charge in [0, 0.05) is 17.6 Å². The monoisotopic (exact) mass is 282 g/mol. The summed E-state index contributed by atoms with van der Waals surface area (Å²) in [5.74, 6) is 0.357. The third-order valence-electron chi connectivity index (χ3n) is 4.45. The molecule has 5 nitrogen and oxygen atoms in total. The zero-order chi connectivity index (χ0) is 14.6. The minimum Gasteiger partial charge on any atom is -0.395 e. The van der Waals surface area contributed by atoms with Crippen LogP contribution in [-0.4, -0.2) is 22.1 Å². The standard InChI is InChI=1S/C16H18N4O/c1-9-8-11-4-2-3-5-12(11)20(9)16(21)15-13(17)14(18-19-15)10-6-7-10/h2-5,9-10H,6-8,17H2,1H3,(H,18,19). The van der Waals surface area contributed by atoms with Gasteiger partial charge in [0.2, 0.25) is 0 Å². The van der Waals surface area contributed by atoms with Crippen LogP contribution in [0.2, 0.25) is 0 Å². The highest BCUT2D eigenvalue weighted by molar-refractivity contribution is 6.09. The number of nitrogens with two attached hydrogens (primary N) is 1. The molecule has 0 saturated heterocycles. The Bertz CT molecular complexity index is 717. The molecule has 1 aromatic carbocycles. The van der Waals surface area contributed by atoms with Crippen molar-refractivity contribution in [3.8, 4) is 0 Å². The van der Waals surface area contributed by atoms with Gasteiger partial charge >= 0.3 is 0 Å². The number of rotatable bonds is 2. The first-order chi connectivity index (χ1) is 10.2. The van der Waals surface area contributed by atoms with Gasteiger partial charge in [0.1, 0.15) is 0 Å². The van der Waals surface area contributed by atoms with E-state index in [2.05, 4.69) is 23.2 Å². The molecule has 1 atom stereocenters. The molecule has 4 rings (SSSR count). The largest absolute Gasteiger partial charge is 0.395 e. The van der Waals surface area contributed by atoms with E-state index in [4.69, 9.17) is 5.73 Å². The summed E-state index contributed by atoms with van der Waals surface area (Å²) in [4.78, 5) is 14.7. The first-order valence-electron chi connectivity index (χ1n) is 7.42. The fourth-order valence-corrected chi connectivity index (χ4v) is 3.20. The Morgan fingerprint density at radius 1 is 1.38 bits per heavy atom. The summed E-state index contributed by atoms with van der Waals surface area (Å²) in [7, 11) is 0. The molecule has 1 amide bonds. The van der Waals surface area contributed by atoms with E-state index in [-0.39, 0.29) is 11.9 Å². The number of hydrogen-bond acceptors (Lipinski definition) is 3. The Morgan fingerprint density at radius 3 is 2.90 bits per heavy atom. The van der Waals surface area contributed by atoms with Gasteiger partial charge in [-0.1, -0.05) is 18.2 Å². The number of nitrogen functional groups attached to an aromatic ring is 1. The van der Waals surface area contributed by atoms with Crippen LogP contribution in [0.25, 0.3) is 0 Å². The fraction of sp³-hybridized carbons (Fsp3) is 0.375. The van der Waals surface area contributed by atoms with Crippen LogP contribution in [0.1, 0.15) is 47.4 Å². The quantitative estimate of drug-likeness (QED) is 0.888. The van der Waals surface area contributed by atoms with E-state index in [0.29, 0.717) is 17.3 Å². The van der Waals surface area contributed by atoms with Crippen LogP contribution in [0.15, 0.2) is 24.3 Å². The van der Waals surface area contributed by atoms with Crippen molar-refractivity contribution in [2.45, 2.75) is 38.1 Å². The van der Waals surface area contributed by atoms with Crippen LogP contribution in [0.4, 0.5) is 11.4 Å². The molecule has 0 radical (unpaired) electrons. The molecule has 2 aromatic rings. The Labute approximate surface area is 123 Å². The summed E-state index contributed by atoms with van der Waals surface area (Å²) in [5.41, 5.74) is 10.1. The molecule has 3 N–H and O–H groups in total. The van der Waals surface area contributed by atoms with Gasteiger partial charge in [0.25, 0.3) is 5.91 Å². The molecule has 0 bridgehead atoms. The van der Waals surface area contributed by atoms with E-state index >= 15 is 0 Å². The lowest BCUT2D eigenvalue weighted by Crippen LogP contribution is -2.36. The normalized spacial score (nSPS) is 20.6. The van der Waals surface area contributed by atoms with Crippen molar-refractivity contribution < 1.29 is 4.79 Å². The predicted octanol–water partition coefficient (Wildman–Crippen LogP) is 2.46. The van der Waals surface area contributed by atoms with Gasteiger partial charge in [0.05, 0.1) is 11.4 Å². The third kappa shape index (κ3) is 1.84. The summed E-state index contributed by atoms with van der Waals surface area (Å²) in [5, 5.41) is 7.14. The number of H-pyrrole nitrogens is 1. The molecule has 21 heavy (non-hydrogen) atoms. The Balaban J connectivity index is 1.72. The molecular formula is C16H18N4O. The van der Waals surface area contributed by atoms with Crippen LogP contribution in [0.3, 0.4) is 0 Å². The molecule has 2 heterocycles. The smallest absolute Gasteiger partial charge is 0.281 e. The SMILES string of the molecule is CC1Cc2ccccc2N1C(=O)c1n[nH]c(C2CC2)c1N. The van der Waals surface area contributed by atoms with E-state index in [1.807, 2.05) is 23.1 Å². The highest BCUT2D eigenvalue weighted by Crippen LogP contribution is 2.42. The van der Waals surface area contributed by atoms with Crippen molar-refractivity contribution in [1.29, 1.82) is 0 Å².